The molecule has 2 fully saturated rings. The first-order valence-electron chi connectivity index (χ1n) is 12.8. The number of carbonyl (C=O) groups excluding carboxylic acids is 1. The van der Waals surface area contributed by atoms with Crippen molar-refractivity contribution in [3.63, 3.8) is 0 Å². The van der Waals surface area contributed by atoms with Gasteiger partial charge < -0.3 is 5.32 Å². The van der Waals surface area contributed by atoms with E-state index in [2.05, 4.69) is 34.5 Å². The second-order valence-electron chi connectivity index (χ2n) is 9.66. The van der Waals surface area contributed by atoms with E-state index in [9.17, 15) is 13.2 Å². The summed E-state index contributed by atoms with van der Waals surface area (Å²) in [6.45, 7) is 4.53. The zero-order valence-electron chi connectivity index (χ0n) is 20.4. The van der Waals surface area contributed by atoms with E-state index in [1.165, 1.54) is 41.0 Å². The Labute approximate surface area is 210 Å². The van der Waals surface area contributed by atoms with Gasteiger partial charge in [-0.3, -0.25) is 9.69 Å². The predicted octanol–water partition coefficient (Wildman–Crippen LogP) is 4.39. The van der Waals surface area contributed by atoms with E-state index in [1.54, 1.807) is 6.08 Å². The number of likely N-dealkylation sites (tertiary alicyclic amines) is 1. The lowest BCUT2D eigenvalue weighted by molar-refractivity contribution is -0.126. The van der Waals surface area contributed by atoms with Crippen molar-refractivity contribution in [3.05, 3.63) is 76.7 Å². The molecule has 2 heterocycles. The lowest BCUT2D eigenvalue weighted by Crippen LogP contribution is -2.42. The molecule has 188 valence electrons. The van der Waals surface area contributed by atoms with E-state index in [4.69, 9.17) is 0 Å². The summed E-state index contributed by atoms with van der Waals surface area (Å²) >= 11 is 0. The van der Waals surface area contributed by atoms with Gasteiger partial charge in [0.15, 0.2) is 0 Å². The van der Waals surface area contributed by atoms with E-state index in [0.717, 1.165) is 30.8 Å². The Morgan fingerprint density at radius 1 is 0.886 bits per heavy atom. The van der Waals surface area contributed by atoms with Crippen molar-refractivity contribution < 1.29 is 13.2 Å². The third-order valence-electron chi connectivity index (χ3n) is 6.98. The lowest BCUT2D eigenvalue weighted by Gasteiger charge is -2.29. The Morgan fingerprint density at radius 2 is 1.57 bits per heavy atom. The first-order valence-corrected chi connectivity index (χ1v) is 14.3. The largest absolute Gasteiger partial charge is 0.352 e. The van der Waals surface area contributed by atoms with Crippen LogP contribution >= 0.6 is 0 Å². The molecule has 2 aliphatic heterocycles. The number of nitrogens with zero attached hydrogens (tertiary/aromatic N) is 2. The lowest BCUT2D eigenvalue weighted by atomic mass is 9.97. The molecule has 2 aliphatic rings. The molecule has 35 heavy (non-hydrogen) atoms. The summed E-state index contributed by atoms with van der Waals surface area (Å²) in [5.74, 6) is -0.139. The van der Waals surface area contributed by atoms with Crippen LogP contribution in [0.3, 0.4) is 0 Å². The minimum atomic E-state index is -3.49. The highest BCUT2D eigenvalue weighted by Gasteiger charge is 2.29. The first kappa shape index (κ1) is 25.6. The fourth-order valence-corrected chi connectivity index (χ4v) is 6.13. The van der Waals surface area contributed by atoms with Crippen LogP contribution in [0.25, 0.3) is 6.08 Å². The molecule has 0 radical (unpaired) electrons. The molecule has 0 unspecified atom stereocenters. The van der Waals surface area contributed by atoms with Gasteiger partial charge in [0.05, 0.1) is 0 Å². The van der Waals surface area contributed by atoms with Crippen LogP contribution in [-0.4, -0.2) is 49.7 Å². The first-order chi connectivity index (χ1) is 17.0. The molecule has 6 nitrogen and oxygen atoms in total. The van der Waals surface area contributed by atoms with Crippen LogP contribution in [0.15, 0.2) is 60.0 Å². The third-order valence-corrected chi connectivity index (χ3v) is 8.54. The van der Waals surface area contributed by atoms with Crippen LogP contribution in [0.1, 0.15) is 55.2 Å². The van der Waals surface area contributed by atoms with Gasteiger partial charge in [-0.2, -0.15) is 4.31 Å². The number of amides is 1. The van der Waals surface area contributed by atoms with Crippen molar-refractivity contribution in [3.8, 4) is 0 Å². The number of sulfonamides is 1. The maximum Gasteiger partial charge on any atom is 0.236 e. The Morgan fingerprint density at radius 3 is 2.29 bits per heavy atom. The summed E-state index contributed by atoms with van der Waals surface area (Å²) in [5.41, 5.74) is 3.25. The standard InChI is InChI=1S/C28H37N3O3S/c32-28(29-22-25-11-8-12-26(21-25)23-30-16-6-1-2-7-17-30)27-13-18-31(19-14-27)35(33,34)20-15-24-9-4-3-5-10-24/h3-5,8-12,15,20-21,27H,1-2,6-7,13-14,16-19,22-23H2,(H,29,32)/b20-15+. The molecule has 0 spiro atoms. The minimum absolute atomic E-state index is 0.0137. The van der Waals surface area contributed by atoms with E-state index in [0.29, 0.717) is 32.5 Å². The Kier molecular flexibility index (Phi) is 9.12. The minimum Gasteiger partial charge on any atom is -0.352 e. The average molecular weight is 496 g/mol. The number of hydrogen-bond donors (Lipinski definition) is 1. The highest BCUT2D eigenvalue weighted by molar-refractivity contribution is 7.92. The van der Waals surface area contributed by atoms with Crippen molar-refractivity contribution >= 4 is 22.0 Å². The van der Waals surface area contributed by atoms with Crippen molar-refractivity contribution in [1.29, 1.82) is 0 Å². The van der Waals surface area contributed by atoms with Gasteiger partial charge >= 0.3 is 0 Å². The van der Waals surface area contributed by atoms with Gasteiger partial charge in [0.25, 0.3) is 0 Å². The topological polar surface area (TPSA) is 69.7 Å². The molecule has 4 rings (SSSR count). The monoisotopic (exact) mass is 495 g/mol. The molecular weight excluding hydrogens is 458 g/mol. The van der Waals surface area contributed by atoms with Gasteiger partial charge in [-0.1, -0.05) is 67.4 Å². The molecule has 2 saturated heterocycles. The molecule has 1 N–H and O–H groups in total. The second-order valence-corrected chi connectivity index (χ2v) is 11.5. The number of rotatable bonds is 8. The Bertz CT molecular complexity index is 1090. The number of piperidine rings is 1. The van der Waals surface area contributed by atoms with Crippen molar-refractivity contribution in [2.24, 2.45) is 5.92 Å². The average Bonchev–Trinajstić information content (AvgIpc) is 3.16. The van der Waals surface area contributed by atoms with Crippen molar-refractivity contribution in [1.82, 2.24) is 14.5 Å². The van der Waals surface area contributed by atoms with Crippen LogP contribution in [-0.2, 0) is 27.9 Å². The molecule has 7 heteroatoms. The van der Waals surface area contributed by atoms with Gasteiger partial charge in [-0.05, 0) is 61.5 Å². The van der Waals surface area contributed by atoms with E-state index in [-0.39, 0.29) is 11.8 Å². The number of nitrogens with one attached hydrogen (secondary N) is 1. The van der Waals surface area contributed by atoms with Gasteiger partial charge in [-0.15, -0.1) is 0 Å². The van der Waals surface area contributed by atoms with Gasteiger partial charge in [0.2, 0.25) is 15.9 Å². The number of benzene rings is 2. The van der Waals surface area contributed by atoms with Crippen molar-refractivity contribution in [2.75, 3.05) is 26.2 Å². The van der Waals surface area contributed by atoms with Crippen LogP contribution in [0.4, 0.5) is 0 Å². The van der Waals surface area contributed by atoms with Crippen LogP contribution in [0, 0.1) is 5.92 Å². The molecule has 2 aromatic rings. The summed E-state index contributed by atoms with van der Waals surface area (Å²) in [6, 6.07) is 17.9. The van der Waals surface area contributed by atoms with Crippen LogP contribution < -0.4 is 5.32 Å². The molecule has 0 aromatic heterocycles. The van der Waals surface area contributed by atoms with E-state index >= 15 is 0 Å². The highest BCUT2D eigenvalue weighted by atomic mass is 32.2. The summed E-state index contributed by atoms with van der Waals surface area (Å²) in [4.78, 5) is 15.3. The van der Waals surface area contributed by atoms with Gasteiger partial charge in [0, 0.05) is 37.5 Å². The third kappa shape index (κ3) is 7.75. The highest BCUT2D eigenvalue weighted by Crippen LogP contribution is 2.21. The second kappa shape index (κ2) is 12.5. The molecule has 0 atom stereocenters. The van der Waals surface area contributed by atoms with Crippen LogP contribution in [0.5, 0.6) is 0 Å². The summed E-state index contributed by atoms with van der Waals surface area (Å²) < 4.78 is 26.8. The zero-order chi connectivity index (χ0) is 24.5. The van der Waals surface area contributed by atoms with Crippen LogP contribution in [0.2, 0.25) is 0 Å². The molecule has 2 aromatic carbocycles. The fraction of sp³-hybridized carbons (Fsp3) is 0.464. The Hall–Kier alpha value is -2.48. The summed E-state index contributed by atoms with van der Waals surface area (Å²) in [7, 11) is -3.49. The molecule has 0 saturated carbocycles. The molecule has 1 amide bonds. The molecular formula is C28H37N3O3S. The smallest absolute Gasteiger partial charge is 0.236 e. The predicted molar refractivity (Wildman–Crippen MR) is 141 cm³/mol. The van der Waals surface area contributed by atoms with Gasteiger partial charge in [-0.25, -0.2) is 8.42 Å². The fourth-order valence-electron chi connectivity index (χ4n) is 4.91. The molecule has 0 aliphatic carbocycles. The van der Waals surface area contributed by atoms with E-state index in [1.807, 2.05) is 30.3 Å². The number of carbonyl (C=O) groups is 1. The maximum atomic E-state index is 12.8. The molecule has 0 bridgehead atoms. The zero-order valence-corrected chi connectivity index (χ0v) is 21.3. The summed E-state index contributed by atoms with van der Waals surface area (Å²) in [6.07, 6.45) is 7.92. The van der Waals surface area contributed by atoms with Crippen molar-refractivity contribution in [2.45, 2.75) is 51.6 Å². The Balaban J connectivity index is 1.24. The van der Waals surface area contributed by atoms with Gasteiger partial charge in [0.1, 0.15) is 0 Å². The van der Waals surface area contributed by atoms with E-state index < -0.39 is 10.0 Å². The quantitative estimate of drug-likeness (QED) is 0.590. The number of hydrogen-bond acceptors (Lipinski definition) is 4. The maximum absolute atomic E-state index is 12.8. The summed E-state index contributed by atoms with van der Waals surface area (Å²) in [5, 5.41) is 4.34. The normalized spacial score (nSPS) is 19.0. The SMILES string of the molecule is O=C(NCc1cccc(CN2CCCCCC2)c1)C1CCN(S(=O)(=O)/C=C/c2ccccc2)CC1.